The second kappa shape index (κ2) is 9.94. The molecule has 0 radical (unpaired) electrons. The zero-order valence-corrected chi connectivity index (χ0v) is 18.2. The number of aliphatic hydroxyl groups is 1. The van der Waals surface area contributed by atoms with E-state index >= 15 is 0 Å². The zero-order valence-electron chi connectivity index (χ0n) is 18.2. The Balaban J connectivity index is 2.14. The van der Waals surface area contributed by atoms with E-state index in [0.29, 0.717) is 9.80 Å². The number of urea groups is 1. The summed E-state index contributed by atoms with van der Waals surface area (Å²) in [5.41, 5.74) is -4.63. The summed E-state index contributed by atoms with van der Waals surface area (Å²) in [7, 11) is 1.08. The fraction of sp³-hybridized carbons (Fsp3) is 0.273. The molecule has 3 amide bonds. The number of aliphatic hydroxyl groups excluding tert-OH is 1. The Morgan fingerprint density at radius 2 is 1.72 bits per heavy atom. The van der Waals surface area contributed by atoms with Gasteiger partial charge < -0.3 is 9.84 Å². The zero-order chi connectivity index (χ0) is 26.8. The Labute approximate surface area is 199 Å². The summed E-state index contributed by atoms with van der Waals surface area (Å²) in [6.07, 6.45) is -12.1. The van der Waals surface area contributed by atoms with Gasteiger partial charge in [-0.15, -0.1) is 0 Å². The van der Waals surface area contributed by atoms with Gasteiger partial charge in [-0.3, -0.25) is 14.7 Å². The van der Waals surface area contributed by atoms with E-state index in [1.807, 2.05) is 0 Å². The third-order valence-corrected chi connectivity index (χ3v) is 4.97. The molecule has 0 aliphatic carbocycles. The number of anilines is 2. The van der Waals surface area contributed by atoms with Crippen molar-refractivity contribution in [3.05, 3.63) is 53.3 Å². The molecule has 1 aliphatic rings. The van der Waals surface area contributed by atoms with Crippen LogP contribution in [-0.2, 0) is 12.4 Å². The van der Waals surface area contributed by atoms with Gasteiger partial charge in [-0.2, -0.15) is 26.3 Å². The summed E-state index contributed by atoms with van der Waals surface area (Å²) in [5, 5.41) is 8.79. The Morgan fingerprint density at radius 3 is 2.28 bits per heavy atom. The van der Waals surface area contributed by atoms with Crippen LogP contribution in [0.4, 0.5) is 51.7 Å². The largest absolute Gasteiger partial charge is 0.420 e. The summed E-state index contributed by atoms with van der Waals surface area (Å²) in [4.78, 5) is 27.4. The molecule has 1 saturated heterocycles. The third-order valence-electron chi connectivity index (χ3n) is 4.97. The normalized spacial score (nSPS) is 14.0. The molecule has 3 rings (SSSR count). The van der Waals surface area contributed by atoms with Crippen molar-refractivity contribution in [1.82, 2.24) is 4.90 Å². The van der Waals surface area contributed by atoms with Crippen molar-refractivity contribution in [2.75, 3.05) is 36.5 Å². The number of ether oxygens (including phenoxy) is 1. The molecular weight excluding hydrogens is 503 g/mol. The van der Waals surface area contributed by atoms with E-state index in [1.165, 1.54) is 0 Å². The van der Waals surface area contributed by atoms with Gasteiger partial charge in [0, 0.05) is 25.3 Å². The summed E-state index contributed by atoms with van der Waals surface area (Å²) in [6.45, 7) is -1.26. The van der Waals surface area contributed by atoms with E-state index in [4.69, 9.17) is 9.84 Å². The van der Waals surface area contributed by atoms with Crippen LogP contribution in [0.1, 0.15) is 11.1 Å². The minimum atomic E-state index is -5.42. The highest BCUT2D eigenvalue weighted by molar-refractivity contribution is 5.98. The van der Waals surface area contributed by atoms with E-state index in [9.17, 15) is 40.3 Å². The highest BCUT2D eigenvalue weighted by Crippen LogP contribution is 2.46. The molecule has 36 heavy (non-hydrogen) atoms. The molecule has 1 aliphatic heterocycles. The van der Waals surface area contributed by atoms with Gasteiger partial charge in [0.1, 0.15) is 18.0 Å². The molecule has 1 fully saturated rings. The molecule has 2 aromatic rings. The predicted octanol–water partition coefficient (Wildman–Crippen LogP) is 4.69. The van der Waals surface area contributed by atoms with Crippen molar-refractivity contribution in [3.8, 4) is 17.7 Å². The lowest BCUT2D eigenvalue weighted by Gasteiger charge is -2.25. The van der Waals surface area contributed by atoms with Gasteiger partial charge in [0.15, 0.2) is 5.75 Å². The van der Waals surface area contributed by atoms with Crippen molar-refractivity contribution >= 4 is 23.5 Å². The number of rotatable bonds is 3. The average molecular weight is 519 g/mol. The smallest absolute Gasteiger partial charge is 0.407 e. The number of alkyl halides is 6. The highest BCUT2D eigenvalue weighted by Gasteiger charge is 2.44. The fourth-order valence-corrected chi connectivity index (χ4v) is 3.22. The van der Waals surface area contributed by atoms with E-state index in [-0.39, 0.29) is 24.4 Å². The molecule has 0 atom stereocenters. The van der Waals surface area contributed by atoms with Crippen LogP contribution in [-0.4, -0.2) is 48.9 Å². The first-order valence-electron chi connectivity index (χ1n) is 9.96. The summed E-state index contributed by atoms with van der Waals surface area (Å²) in [6, 6.07) is 5.35. The molecule has 0 saturated carbocycles. The molecule has 1 heterocycles. The number of amides is 3. The first-order chi connectivity index (χ1) is 16.7. The van der Waals surface area contributed by atoms with Crippen LogP contribution in [0.3, 0.4) is 0 Å². The number of halogens is 7. The first kappa shape index (κ1) is 26.6. The van der Waals surface area contributed by atoms with Gasteiger partial charge in [-0.25, -0.2) is 14.0 Å². The topological polar surface area (TPSA) is 73.3 Å². The first-order valence-corrected chi connectivity index (χ1v) is 9.96. The van der Waals surface area contributed by atoms with E-state index in [1.54, 1.807) is 0 Å². The van der Waals surface area contributed by atoms with Crippen LogP contribution < -0.4 is 14.5 Å². The number of carbonyl (C=O) groups excluding carboxylic acids is 2. The Morgan fingerprint density at radius 1 is 1.08 bits per heavy atom. The Bertz CT molecular complexity index is 1220. The number of carbonyl (C=O) groups is 2. The van der Waals surface area contributed by atoms with Crippen molar-refractivity contribution in [3.63, 3.8) is 0 Å². The third kappa shape index (κ3) is 5.62. The van der Waals surface area contributed by atoms with Gasteiger partial charge in [0.05, 0.1) is 17.8 Å². The molecule has 2 aromatic carbocycles. The standard InChI is InChI=1S/C22H16F7N3O4/c1-30(15-5-3-14(23)4-6-15)20(35)36-18-16(22(27,28)29)11-13(21(24,25)26)12-17(18)32-9-8-31(19(32)34)7-2-10-33/h3-6,11-12,33H,8-10H2,1H3. The summed E-state index contributed by atoms with van der Waals surface area (Å²) < 4.78 is 100. The van der Waals surface area contributed by atoms with Crippen LogP contribution in [0.5, 0.6) is 5.75 Å². The van der Waals surface area contributed by atoms with Crippen LogP contribution in [0, 0.1) is 17.8 Å². The van der Waals surface area contributed by atoms with Crippen molar-refractivity contribution < 1.29 is 50.2 Å². The Kier molecular flexibility index (Phi) is 7.35. The minimum absolute atomic E-state index is 0.00567. The van der Waals surface area contributed by atoms with Gasteiger partial charge in [-0.1, -0.05) is 5.92 Å². The van der Waals surface area contributed by atoms with Crippen LogP contribution >= 0.6 is 0 Å². The number of hydrogen-bond donors (Lipinski definition) is 1. The predicted molar refractivity (Wildman–Crippen MR) is 112 cm³/mol. The minimum Gasteiger partial charge on any atom is -0.407 e. The molecule has 14 heteroatoms. The molecule has 0 unspecified atom stereocenters. The van der Waals surface area contributed by atoms with Crippen molar-refractivity contribution in [1.29, 1.82) is 0 Å². The van der Waals surface area contributed by atoms with E-state index in [2.05, 4.69) is 12.0 Å². The van der Waals surface area contributed by atoms with Crippen molar-refractivity contribution in [2.24, 2.45) is 0 Å². The van der Waals surface area contributed by atoms with Gasteiger partial charge in [-0.05, 0) is 36.4 Å². The molecule has 1 N–H and O–H groups in total. The lowest BCUT2D eigenvalue weighted by Crippen LogP contribution is -2.33. The second-order valence-corrected chi connectivity index (χ2v) is 7.30. The average Bonchev–Trinajstić information content (AvgIpc) is 3.16. The van der Waals surface area contributed by atoms with E-state index < -0.39 is 66.0 Å². The maximum atomic E-state index is 13.9. The maximum Gasteiger partial charge on any atom is 0.420 e. The van der Waals surface area contributed by atoms with E-state index in [0.717, 1.165) is 36.2 Å². The molecular formula is C22H16F7N3O4. The molecule has 0 aromatic heterocycles. The highest BCUT2D eigenvalue weighted by atomic mass is 19.4. The van der Waals surface area contributed by atoms with Gasteiger partial charge in [0.25, 0.3) is 0 Å². The lowest BCUT2D eigenvalue weighted by molar-refractivity contribution is -0.143. The Hall–Kier alpha value is -3.99. The molecule has 192 valence electrons. The van der Waals surface area contributed by atoms with Crippen LogP contribution in [0.2, 0.25) is 0 Å². The summed E-state index contributed by atoms with van der Waals surface area (Å²) >= 11 is 0. The maximum absolute atomic E-state index is 13.9. The SMILES string of the molecule is CN(C(=O)Oc1c(N2CCN(C#CCO)C2=O)cc(C(F)(F)F)cc1C(F)(F)F)c1ccc(F)cc1. The second-order valence-electron chi connectivity index (χ2n) is 7.30. The van der Waals surface area contributed by atoms with Crippen LogP contribution in [0.15, 0.2) is 36.4 Å². The van der Waals surface area contributed by atoms with Crippen LogP contribution in [0.25, 0.3) is 0 Å². The summed E-state index contributed by atoms with van der Waals surface area (Å²) in [5.74, 6) is 0.159. The molecule has 7 nitrogen and oxygen atoms in total. The quantitative estimate of drug-likeness (QED) is 0.472. The number of nitrogens with zero attached hydrogens (tertiary/aromatic N) is 3. The lowest BCUT2D eigenvalue weighted by atomic mass is 10.1. The number of hydrogen-bond acceptors (Lipinski definition) is 4. The monoisotopic (exact) mass is 519 g/mol. The van der Waals surface area contributed by atoms with Gasteiger partial charge >= 0.3 is 24.5 Å². The van der Waals surface area contributed by atoms with Crippen molar-refractivity contribution in [2.45, 2.75) is 12.4 Å². The number of benzene rings is 2. The fourth-order valence-electron chi connectivity index (χ4n) is 3.22. The van der Waals surface area contributed by atoms with Gasteiger partial charge in [0.2, 0.25) is 0 Å². The molecule has 0 spiro atoms. The molecule has 0 bridgehead atoms.